The fraction of sp³-hybridized carbons (Fsp3) is 0.800. The molecule has 0 bridgehead atoms. The molecule has 0 rings (SSSR count). The number of amides is 1. The van der Waals surface area contributed by atoms with Gasteiger partial charge in [0, 0.05) is 6.54 Å². The number of nitrogens with two attached hydrogens (primary N) is 1. The summed E-state index contributed by atoms with van der Waals surface area (Å²) in [4.78, 5) is 9.42. The van der Waals surface area contributed by atoms with Crippen LogP contribution in [0.25, 0.3) is 0 Å². The standard InChI is InChI=1S/C3H7NO3.C2H7N.Ag/c5-2-1-4-3(6)7;1-2-3;/h4-5H,1-2H2,(H,6,7);2-3H2,1H3;/q;;+1/p-1. The van der Waals surface area contributed by atoms with Crippen molar-refractivity contribution in [2.45, 2.75) is 6.92 Å². The summed E-state index contributed by atoms with van der Waals surface area (Å²) in [5, 5.41) is 19.2. The van der Waals surface area contributed by atoms with Gasteiger partial charge in [-0.1, -0.05) is 6.92 Å². The predicted octanol–water partition coefficient (Wildman–Crippen LogP) is -2.13. The fourth-order valence-corrected chi connectivity index (χ4v) is 0.158. The van der Waals surface area contributed by atoms with Crippen LogP contribution in [0.5, 0.6) is 0 Å². The van der Waals surface area contributed by atoms with Crippen LogP contribution in [0.3, 0.4) is 0 Å². The van der Waals surface area contributed by atoms with Crippen LogP contribution >= 0.6 is 0 Å². The smallest absolute Gasteiger partial charge is 0.530 e. The van der Waals surface area contributed by atoms with Crippen molar-refractivity contribution in [3.63, 3.8) is 0 Å². The zero-order chi connectivity index (χ0) is 8.41. The number of aliphatic hydroxyl groups is 1. The molecule has 0 atom stereocenters. The second kappa shape index (κ2) is 16.5. The molecular formula is C5H13AgN2O3. The van der Waals surface area contributed by atoms with Gasteiger partial charge in [0.1, 0.15) is 6.09 Å². The summed E-state index contributed by atoms with van der Waals surface area (Å²) in [6.07, 6.45) is -1.35. The van der Waals surface area contributed by atoms with Gasteiger partial charge in [-0.15, -0.1) is 0 Å². The molecule has 0 radical (unpaired) electrons. The summed E-state index contributed by atoms with van der Waals surface area (Å²) in [6.45, 7) is 2.51. The molecule has 11 heavy (non-hydrogen) atoms. The number of nitrogens with one attached hydrogen (secondary N) is 1. The molecule has 0 aliphatic heterocycles. The molecule has 5 nitrogen and oxygen atoms in total. The predicted molar refractivity (Wildman–Crippen MR) is 35.2 cm³/mol. The number of aliphatic hydroxyl groups excluding tert-OH is 1. The first-order valence-electron chi connectivity index (χ1n) is 2.94. The number of hydrogen-bond acceptors (Lipinski definition) is 4. The van der Waals surface area contributed by atoms with E-state index in [4.69, 9.17) is 10.8 Å². The molecule has 0 aliphatic carbocycles. The van der Waals surface area contributed by atoms with Crippen molar-refractivity contribution in [2.75, 3.05) is 19.7 Å². The van der Waals surface area contributed by atoms with Crippen molar-refractivity contribution in [3.05, 3.63) is 0 Å². The van der Waals surface area contributed by atoms with Gasteiger partial charge in [0.15, 0.2) is 0 Å². The average Bonchev–Trinajstić information content (AvgIpc) is 1.85. The zero-order valence-electron chi connectivity index (χ0n) is 6.26. The number of carbonyl (C=O) groups excluding carboxylic acids is 1. The Morgan fingerprint density at radius 3 is 2.18 bits per heavy atom. The Balaban J connectivity index is -0.000000140. The van der Waals surface area contributed by atoms with E-state index in [9.17, 15) is 9.90 Å². The minimum absolute atomic E-state index is 0. The van der Waals surface area contributed by atoms with Crippen LogP contribution in [0.4, 0.5) is 4.79 Å². The Bertz CT molecular complexity index is 82.1. The Labute approximate surface area is 81.5 Å². The van der Waals surface area contributed by atoms with E-state index in [1.807, 2.05) is 12.2 Å². The molecule has 0 heterocycles. The minimum Gasteiger partial charge on any atom is -0.530 e. The molecule has 0 aromatic carbocycles. The molecule has 0 spiro atoms. The molecule has 0 aliphatic rings. The van der Waals surface area contributed by atoms with E-state index in [0.29, 0.717) is 0 Å². The Hall–Kier alpha value is -0.0697. The van der Waals surface area contributed by atoms with Crippen LogP contribution in [0.15, 0.2) is 0 Å². The Morgan fingerprint density at radius 2 is 2.09 bits per heavy atom. The summed E-state index contributed by atoms with van der Waals surface area (Å²) in [5.74, 6) is 0. The van der Waals surface area contributed by atoms with Crippen LogP contribution in [0.1, 0.15) is 6.92 Å². The first kappa shape index (κ1) is 17.1. The van der Waals surface area contributed by atoms with Crippen molar-refractivity contribution in [1.82, 2.24) is 5.32 Å². The van der Waals surface area contributed by atoms with Gasteiger partial charge < -0.3 is 26.1 Å². The molecule has 0 unspecified atom stereocenters. The van der Waals surface area contributed by atoms with E-state index in [2.05, 4.69) is 0 Å². The van der Waals surface area contributed by atoms with E-state index in [0.717, 1.165) is 6.54 Å². The number of carboxylic acid groups (broad SMARTS) is 1. The van der Waals surface area contributed by atoms with E-state index in [1.165, 1.54) is 0 Å². The Morgan fingerprint density at radius 1 is 1.73 bits per heavy atom. The van der Waals surface area contributed by atoms with Gasteiger partial charge in [-0.25, -0.2) is 0 Å². The second-order valence-corrected chi connectivity index (χ2v) is 1.35. The van der Waals surface area contributed by atoms with E-state index in [-0.39, 0.29) is 35.5 Å². The first-order chi connectivity index (χ1) is 4.68. The number of rotatable bonds is 2. The monoisotopic (exact) mass is 256 g/mol. The summed E-state index contributed by atoms with van der Waals surface area (Å²) in [7, 11) is 0. The Kier molecular flexibility index (Phi) is 25.7. The maximum atomic E-state index is 9.42. The minimum atomic E-state index is -1.35. The topological polar surface area (TPSA) is 98.4 Å². The van der Waals surface area contributed by atoms with Crippen molar-refractivity contribution in [2.24, 2.45) is 5.73 Å². The average molecular weight is 257 g/mol. The maximum Gasteiger partial charge on any atom is 1.00 e. The maximum absolute atomic E-state index is 9.42. The summed E-state index contributed by atoms with van der Waals surface area (Å²) >= 11 is 0. The summed E-state index contributed by atoms with van der Waals surface area (Å²) in [5.41, 5.74) is 4.85. The normalized spacial score (nSPS) is 6.82. The third kappa shape index (κ3) is 40.4. The summed E-state index contributed by atoms with van der Waals surface area (Å²) < 4.78 is 0. The van der Waals surface area contributed by atoms with Crippen molar-refractivity contribution in [1.29, 1.82) is 0 Å². The molecule has 0 aromatic rings. The molecule has 72 valence electrons. The molecule has 0 saturated heterocycles. The van der Waals surface area contributed by atoms with Crippen LogP contribution in [0, 0.1) is 0 Å². The van der Waals surface area contributed by atoms with Gasteiger partial charge in [-0.2, -0.15) is 0 Å². The molecule has 1 amide bonds. The van der Waals surface area contributed by atoms with E-state index in [1.54, 1.807) is 0 Å². The van der Waals surface area contributed by atoms with Crippen LogP contribution in [-0.2, 0) is 22.4 Å². The van der Waals surface area contributed by atoms with Crippen LogP contribution in [-0.4, -0.2) is 30.9 Å². The third-order valence-corrected chi connectivity index (χ3v) is 0.381. The van der Waals surface area contributed by atoms with Crippen molar-refractivity contribution < 1.29 is 37.4 Å². The van der Waals surface area contributed by atoms with E-state index < -0.39 is 6.09 Å². The largest absolute Gasteiger partial charge is 1.00 e. The first-order valence-corrected chi connectivity index (χ1v) is 2.94. The van der Waals surface area contributed by atoms with Gasteiger partial charge in [0.25, 0.3) is 0 Å². The van der Waals surface area contributed by atoms with Crippen LogP contribution < -0.4 is 16.2 Å². The zero-order valence-corrected chi connectivity index (χ0v) is 7.75. The summed E-state index contributed by atoms with van der Waals surface area (Å²) in [6, 6.07) is 0. The molecule has 0 aromatic heterocycles. The second-order valence-electron chi connectivity index (χ2n) is 1.35. The van der Waals surface area contributed by atoms with Gasteiger partial charge >= 0.3 is 22.4 Å². The van der Waals surface area contributed by atoms with Crippen molar-refractivity contribution >= 4 is 6.09 Å². The van der Waals surface area contributed by atoms with Gasteiger partial charge in [0.05, 0.1) is 6.61 Å². The van der Waals surface area contributed by atoms with Gasteiger partial charge in [-0.05, 0) is 6.54 Å². The third-order valence-electron chi connectivity index (χ3n) is 0.381. The van der Waals surface area contributed by atoms with Gasteiger partial charge in [-0.3, -0.25) is 0 Å². The molecule has 0 saturated carbocycles. The van der Waals surface area contributed by atoms with E-state index >= 15 is 0 Å². The molecular weight excluding hydrogens is 244 g/mol. The number of carbonyl (C=O) groups is 1. The molecule has 4 N–H and O–H groups in total. The molecule has 0 fully saturated rings. The van der Waals surface area contributed by atoms with Crippen molar-refractivity contribution in [3.8, 4) is 0 Å². The quantitative estimate of drug-likeness (QED) is 0.492. The number of hydrogen-bond donors (Lipinski definition) is 3. The molecule has 6 heteroatoms. The van der Waals surface area contributed by atoms with Gasteiger partial charge in [0.2, 0.25) is 0 Å². The SMILES string of the molecule is CCN.O=C([O-])NCCO.[Ag+]. The van der Waals surface area contributed by atoms with Crippen LogP contribution in [0.2, 0.25) is 0 Å². The fourth-order valence-electron chi connectivity index (χ4n) is 0.158.